The van der Waals surface area contributed by atoms with Gasteiger partial charge in [0.1, 0.15) is 0 Å². The topological polar surface area (TPSA) is 86.2 Å². The number of thioether (sulfide) groups is 1. The van der Waals surface area contributed by atoms with Crippen molar-refractivity contribution in [2.24, 2.45) is 4.99 Å². The summed E-state index contributed by atoms with van der Waals surface area (Å²) in [4.78, 5) is 29.1. The average molecular weight is 412 g/mol. The highest BCUT2D eigenvalue weighted by Crippen LogP contribution is 2.32. The molecule has 1 saturated heterocycles. The molecule has 2 aromatic rings. The fourth-order valence-electron chi connectivity index (χ4n) is 2.64. The number of amidine groups is 1. The number of nitrogens with zero attached hydrogens (tertiary/aromatic N) is 1. The van der Waals surface area contributed by atoms with Gasteiger partial charge in [0.2, 0.25) is 0 Å². The Labute approximate surface area is 172 Å². The van der Waals surface area contributed by atoms with Crippen LogP contribution in [0, 0.1) is 0 Å². The van der Waals surface area contributed by atoms with Crippen LogP contribution in [0.15, 0.2) is 52.4 Å². The van der Waals surface area contributed by atoms with E-state index in [-0.39, 0.29) is 5.91 Å². The highest BCUT2D eigenvalue weighted by molar-refractivity contribution is 8.18. The summed E-state index contributed by atoms with van der Waals surface area (Å²) in [7, 11) is 2.87. The minimum absolute atomic E-state index is 0.267. The molecule has 8 heteroatoms. The number of methoxy groups -OCH3 is 2. The molecule has 0 saturated carbocycles. The summed E-state index contributed by atoms with van der Waals surface area (Å²) >= 11 is 1.19. The first-order valence-corrected chi connectivity index (χ1v) is 9.65. The van der Waals surface area contributed by atoms with Gasteiger partial charge in [0.25, 0.3) is 5.91 Å². The molecule has 1 N–H and O–H groups in total. The van der Waals surface area contributed by atoms with Gasteiger partial charge in [-0.2, -0.15) is 0 Å². The van der Waals surface area contributed by atoms with E-state index in [2.05, 4.69) is 10.3 Å². The molecule has 1 fully saturated rings. The van der Waals surface area contributed by atoms with E-state index in [1.165, 1.54) is 18.9 Å². The van der Waals surface area contributed by atoms with Crippen molar-refractivity contribution in [3.63, 3.8) is 0 Å². The first-order chi connectivity index (χ1) is 14.0. The Balaban J connectivity index is 1.86. The summed E-state index contributed by atoms with van der Waals surface area (Å²) in [5.74, 6) is 0.474. The zero-order chi connectivity index (χ0) is 20.8. The van der Waals surface area contributed by atoms with Crippen molar-refractivity contribution >= 4 is 40.6 Å². The van der Waals surface area contributed by atoms with Crippen molar-refractivity contribution in [3.8, 4) is 11.5 Å². The summed E-state index contributed by atoms with van der Waals surface area (Å²) in [6.07, 6.45) is 1.74. The lowest BCUT2D eigenvalue weighted by Gasteiger charge is -2.09. The Kier molecular flexibility index (Phi) is 6.56. The number of rotatable bonds is 6. The molecule has 0 radical (unpaired) electrons. The van der Waals surface area contributed by atoms with Gasteiger partial charge in [-0.05, 0) is 54.6 Å². The van der Waals surface area contributed by atoms with Crippen LogP contribution in [-0.2, 0) is 9.53 Å². The molecule has 0 aliphatic carbocycles. The number of carbonyl (C=O) groups is 2. The molecule has 1 aliphatic rings. The Bertz CT molecular complexity index is 1000. The van der Waals surface area contributed by atoms with Gasteiger partial charge in [-0.15, -0.1) is 0 Å². The van der Waals surface area contributed by atoms with Gasteiger partial charge < -0.3 is 19.5 Å². The van der Waals surface area contributed by atoms with Crippen molar-refractivity contribution in [1.29, 1.82) is 0 Å². The lowest BCUT2D eigenvalue weighted by Crippen LogP contribution is -2.19. The van der Waals surface area contributed by atoms with E-state index in [0.29, 0.717) is 39.4 Å². The summed E-state index contributed by atoms with van der Waals surface area (Å²) < 4.78 is 15.6. The lowest BCUT2D eigenvalue weighted by atomic mass is 10.2. The van der Waals surface area contributed by atoms with Crippen LogP contribution in [0.5, 0.6) is 11.5 Å². The smallest absolute Gasteiger partial charge is 0.340 e. The Morgan fingerprint density at radius 1 is 1.17 bits per heavy atom. The molecule has 2 aromatic carbocycles. The third-order valence-corrected chi connectivity index (χ3v) is 4.88. The van der Waals surface area contributed by atoms with E-state index in [1.54, 1.807) is 49.6 Å². The molecule has 1 heterocycles. The molecular weight excluding hydrogens is 392 g/mol. The molecule has 150 valence electrons. The van der Waals surface area contributed by atoms with Crippen molar-refractivity contribution in [3.05, 3.63) is 58.5 Å². The minimum atomic E-state index is -0.489. The molecule has 0 atom stereocenters. The average Bonchev–Trinajstić information content (AvgIpc) is 3.07. The predicted molar refractivity (Wildman–Crippen MR) is 113 cm³/mol. The summed E-state index contributed by atoms with van der Waals surface area (Å²) in [6, 6.07) is 12.2. The third kappa shape index (κ3) is 4.78. The highest BCUT2D eigenvalue weighted by Gasteiger charge is 2.24. The maximum Gasteiger partial charge on any atom is 0.340 e. The number of aliphatic imine (C=N–C) groups is 1. The second-order valence-corrected chi connectivity index (χ2v) is 6.86. The monoisotopic (exact) mass is 412 g/mol. The summed E-state index contributed by atoms with van der Waals surface area (Å²) in [5.41, 5.74) is 1.54. The van der Waals surface area contributed by atoms with Gasteiger partial charge in [0, 0.05) is 0 Å². The van der Waals surface area contributed by atoms with E-state index >= 15 is 0 Å². The minimum Gasteiger partial charge on any atom is -0.493 e. The van der Waals surface area contributed by atoms with Crippen LogP contribution in [0.1, 0.15) is 22.8 Å². The van der Waals surface area contributed by atoms with E-state index in [1.807, 2.05) is 13.0 Å². The number of nitrogens with one attached hydrogen (secondary N) is 1. The molecule has 0 aromatic heterocycles. The fourth-order valence-corrected chi connectivity index (χ4v) is 3.48. The molecule has 0 spiro atoms. The molecule has 1 amide bonds. The van der Waals surface area contributed by atoms with Crippen LogP contribution in [0.3, 0.4) is 0 Å². The second kappa shape index (κ2) is 9.29. The number of para-hydroxylation sites is 1. The van der Waals surface area contributed by atoms with Crippen molar-refractivity contribution < 1.29 is 23.8 Å². The van der Waals surface area contributed by atoms with Gasteiger partial charge in [-0.1, -0.05) is 18.2 Å². The van der Waals surface area contributed by atoms with Gasteiger partial charge in [0.05, 0.1) is 37.0 Å². The molecular formula is C21H20N2O5S. The van der Waals surface area contributed by atoms with Crippen LogP contribution in [0.4, 0.5) is 5.69 Å². The number of benzene rings is 2. The van der Waals surface area contributed by atoms with E-state index < -0.39 is 5.97 Å². The van der Waals surface area contributed by atoms with Gasteiger partial charge in [-0.25, -0.2) is 9.79 Å². The molecule has 3 rings (SSSR count). The Morgan fingerprint density at radius 2 is 1.97 bits per heavy atom. The summed E-state index contributed by atoms with van der Waals surface area (Å²) in [5, 5.41) is 3.10. The van der Waals surface area contributed by atoms with Crippen LogP contribution in [0.25, 0.3) is 6.08 Å². The van der Waals surface area contributed by atoms with Gasteiger partial charge in [0.15, 0.2) is 16.7 Å². The normalized spacial score (nSPS) is 16.0. The zero-order valence-electron chi connectivity index (χ0n) is 16.2. The highest BCUT2D eigenvalue weighted by atomic mass is 32.2. The zero-order valence-corrected chi connectivity index (χ0v) is 17.0. The van der Waals surface area contributed by atoms with Crippen molar-refractivity contribution in [2.45, 2.75) is 6.92 Å². The van der Waals surface area contributed by atoms with Crippen LogP contribution >= 0.6 is 11.8 Å². The number of carbonyl (C=O) groups excluding carboxylic acids is 2. The first kappa shape index (κ1) is 20.5. The predicted octanol–water partition coefficient (Wildman–Crippen LogP) is 3.77. The maximum atomic E-state index is 12.3. The lowest BCUT2D eigenvalue weighted by molar-refractivity contribution is -0.115. The van der Waals surface area contributed by atoms with Crippen molar-refractivity contribution in [1.82, 2.24) is 5.32 Å². The van der Waals surface area contributed by atoms with Crippen LogP contribution in [-0.4, -0.2) is 37.9 Å². The maximum absolute atomic E-state index is 12.3. The largest absolute Gasteiger partial charge is 0.493 e. The second-order valence-electron chi connectivity index (χ2n) is 5.83. The first-order valence-electron chi connectivity index (χ1n) is 8.83. The van der Waals surface area contributed by atoms with Crippen LogP contribution in [0.2, 0.25) is 0 Å². The van der Waals surface area contributed by atoms with Crippen LogP contribution < -0.4 is 14.8 Å². The fraction of sp³-hybridized carbons (Fsp3) is 0.190. The Morgan fingerprint density at radius 3 is 2.69 bits per heavy atom. The van der Waals surface area contributed by atoms with E-state index in [0.717, 1.165) is 5.56 Å². The third-order valence-electron chi connectivity index (χ3n) is 3.97. The van der Waals surface area contributed by atoms with Gasteiger partial charge in [-0.3, -0.25) is 4.79 Å². The number of esters is 1. The molecule has 29 heavy (non-hydrogen) atoms. The van der Waals surface area contributed by atoms with E-state index in [4.69, 9.17) is 14.2 Å². The molecule has 0 bridgehead atoms. The molecule has 1 aliphatic heterocycles. The molecule has 0 unspecified atom stereocenters. The molecule has 7 nitrogen and oxygen atoms in total. The SMILES string of the molecule is CCOc1ccc(/C=C2\SC(=Nc3ccccc3C(=O)OC)NC2=O)cc1OC. The van der Waals surface area contributed by atoms with Crippen molar-refractivity contribution in [2.75, 3.05) is 20.8 Å². The number of hydrogen-bond donors (Lipinski definition) is 1. The van der Waals surface area contributed by atoms with E-state index in [9.17, 15) is 9.59 Å². The number of hydrogen-bond acceptors (Lipinski definition) is 7. The standard InChI is InChI=1S/C21H20N2O5S/c1-4-28-16-10-9-13(11-17(16)26-2)12-18-19(24)23-21(29-18)22-15-8-6-5-7-14(15)20(25)27-3/h5-12H,4H2,1-3H3,(H,22,23,24)/b18-12-. The van der Waals surface area contributed by atoms with Gasteiger partial charge >= 0.3 is 5.97 Å². The summed E-state index contributed by atoms with van der Waals surface area (Å²) in [6.45, 7) is 2.43. The quantitative estimate of drug-likeness (QED) is 0.574. The number of ether oxygens (including phenoxy) is 3. The number of amides is 1. The Hall–Kier alpha value is -3.26.